The highest BCUT2D eigenvalue weighted by Crippen LogP contribution is 2.30. The van der Waals surface area contributed by atoms with Gasteiger partial charge >= 0.3 is 0 Å². The lowest BCUT2D eigenvalue weighted by atomic mass is 10.1. The van der Waals surface area contributed by atoms with Crippen LogP contribution in [0.15, 0.2) is 0 Å². The second-order valence-corrected chi connectivity index (χ2v) is 6.31. The second kappa shape index (κ2) is 6.12. The van der Waals surface area contributed by atoms with Crippen LogP contribution in [0, 0.1) is 5.92 Å². The fraction of sp³-hybridized carbons (Fsp3) is 0.867. The van der Waals surface area contributed by atoms with Crippen LogP contribution in [0.5, 0.6) is 0 Å². The number of hydrogen-bond donors (Lipinski definition) is 1. The monoisotopic (exact) mass is 279 g/mol. The Morgan fingerprint density at radius 1 is 1.10 bits per heavy atom. The van der Waals surface area contributed by atoms with E-state index >= 15 is 0 Å². The molecule has 1 unspecified atom stereocenters. The van der Waals surface area contributed by atoms with Gasteiger partial charge in [0, 0.05) is 38.6 Å². The summed E-state index contributed by atoms with van der Waals surface area (Å²) in [6.45, 7) is 4.14. The normalized spacial score (nSPS) is 29.0. The summed E-state index contributed by atoms with van der Waals surface area (Å²) in [5.41, 5.74) is 0. The van der Waals surface area contributed by atoms with E-state index in [4.69, 9.17) is 0 Å². The molecule has 0 spiro atoms. The maximum absolute atomic E-state index is 12.6. The Balaban J connectivity index is 1.60. The summed E-state index contributed by atoms with van der Waals surface area (Å²) >= 11 is 0. The molecule has 0 aromatic carbocycles. The molecule has 0 bridgehead atoms. The predicted molar refractivity (Wildman–Crippen MR) is 76.1 cm³/mol. The summed E-state index contributed by atoms with van der Waals surface area (Å²) in [6.07, 6.45) is 6.15. The van der Waals surface area contributed by atoms with Crippen LogP contribution in [0.3, 0.4) is 0 Å². The summed E-state index contributed by atoms with van der Waals surface area (Å²) in [5, 5.41) is 3.31. The molecule has 5 heteroatoms. The number of likely N-dealkylation sites (tertiary alicyclic amines) is 1. The van der Waals surface area contributed by atoms with Gasteiger partial charge in [0.05, 0.1) is 5.92 Å². The molecule has 3 aliphatic rings. The van der Waals surface area contributed by atoms with E-state index in [2.05, 4.69) is 5.32 Å². The molecule has 2 heterocycles. The number of carbonyl (C=O) groups excluding carboxylic acids is 2. The molecule has 20 heavy (non-hydrogen) atoms. The highest BCUT2D eigenvalue weighted by molar-refractivity contribution is 5.89. The maximum Gasteiger partial charge on any atom is 0.228 e. The fourth-order valence-electron chi connectivity index (χ4n) is 3.79. The molecule has 3 fully saturated rings. The largest absolute Gasteiger partial charge is 0.341 e. The molecule has 0 aromatic rings. The molecule has 0 aromatic heterocycles. The number of amides is 2. The van der Waals surface area contributed by atoms with E-state index in [1.807, 2.05) is 9.80 Å². The Labute approximate surface area is 120 Å². The van der Waals surface area contributed by atoms with Gasteiger partial charge in [-0.15, -0.1) is 0 Å². The zero-order chi connectivity index (χ0) is 13.9. The van der Waals surface area contributed by atoms with Crippen molar-refractivity contribution in [1.29, 1.82) is 0 Å². The zero-order valence-corrected chi connectivity index (χ0v) is 12.1. The Bertz CT molecular complexity index is 371. The lowest BCUT2D eigenvalue weighted by Gasteiger charge is -2.26. The van der Waals surface area contributed by atoms with Gasteiger partial charge in [0.15, 0.2) is 0 Å². The van der Waals surface area contributed by atoms with Crippen molar-refractivity contribution in [3.63, 3.8) is 0 Å². The smallest absolute Gasteiger partial charge is 0.228 e. The van der Waals surface area contributed by atoms with Gasteiger partial charge in [-0.05, 0) is 25.8 Å². The van der Waals surface area contributed by atoms with E-state index in [-0.39, 0.29) is 17.7 Å². The summed E-state index contributed by atoms with van der Waals surface area (Å²) in [4.78, 5) is 28.7. The summed E-state index contributed by atoms with van der Waals surface area (Å²) < 4.78 is 0. The van der Waals surface area contributed by atoms with Crippen LogP contribution in [0.1, 0.15) is 38.5 Å². The minimum absolute atomic E-state index is 0.0961. The number of rotatable bonds is 2. The van der Waals surface area contributed by atoms with Gasteiger partial charge in [-0.3, -0.25) is 9.59 Å². The highest BCUT2D eigenvalue weighted by atomic mass is 16.2. The lowest BCUT2D eigenvalue weighted by molar-refractivity contribution is -0.135. The predicted octanol–water partition coefficient (Wildman–Crippen LogP) is 0.599. The van der Waals surface area contributed by atoms with Crippen LogP contribution in [0.25, 0.3) is 0 Å². The van der Waals surface area contributed by atoms with Crippen LogP contribution in [-0.4, -0.2) is 60.4 Å². The van der Waals surface area contributed by atoms with Crippen LogP contribution in [-0.2, 0) is 9.59 Å². The molecule has 1 saturated carbocycles. The van der Waals surface area contributed by atoms with Crippen molar-refractivity contribution in [2.45, 2.75) is 44.6 Å². The summed E-state index contributed by atoms with van der Waals surface area (Å²) in [5.74, 6) is 0.298. The average Bonchev–Trinajstić information content (AvgIpc) is 3.01. The van der Waals surface area contributed by atoms with Crippen LogP contribution >= 0.6 is 0 Å². The summed E-state index contributed by atoms with van der Waals surface area (Å²) in [6, 6.07) is 0.408. The Kier molecular flexibility index (Phi) is 4.24. The Morgan fingerprint density at radius 3 is 2.70 bits per heavy atom. The van der Waals surface area contributed by atoms with Gasteiger partial charge in [0.2, 0.25) is 11.8 Å². The number of nitrogens with zero attached hydrogens (tertiary/aromatic N) is 2. The number of carbonyl (C=O) groups is 2. The van der Waals surface area contributed by atoms with Crippen LogP contribution in [0.4, 0.5) is 0 Å². The average molecular weight is 279 g/mol. The molecular formula is C15H25N3O2. The number of nitrogens with one attached hydrogen (secondary N) is 1. The third-order valence-electron chi connectivity index (χ3n) is 4.92. The van der Waals surface area contributed by atoms with E-state index in [0.717, 1.165) is 45.4 Å². The first-order valence-electron chi connectivity index (χ1n) is 8.04. The Hall–Kier alpha value is -1.10. The summed E-state index contributed by atoms with van der Waals surface area (Å²) in [7, 11) is 0. The molecule has 2 aliphatic heterocycles. The number of hydrogen-bond acceptors (Lipinski definition) is 3. The van der Waals surface area contributed by atoms with Gasteiger partial charge in [-0.1, -0.05) is 12.8 Å². The molecule has 1 aliphatic carbocycles. The molecule has 3 rings (SSSR count). The third kappa shape index (κ3) is 2.82. The SMILES string of the molecule is O=C(C1CC(=O)N(C2CCCC2)C1)N1CCCNCC1. The van der Waals surface area contributed by atoms with Crippen molar-refractivity contribution >= 4 is 11.8 Å². The van der Waals surface area contributed by atoms with Gasteiger partial charge < -0.3 is 15.1 Å². The second-order valence-electron chi connectivity index (χ2n) is 6.31. The van der Waals surface area contributed by atoms with Gasteiger partial charge in [0.25, 0.3) is 0 Å². The Morgan fingerprint density at radius 2 is 1.90 bits per heavy atom. The van der Waals surface area contributed by atoms with Crippen molar-refractivity contribution in [2.24, 2.45) is 5.92 Å². The van der Waals surface area contributed by atoms with E-state index in [1.165, 1.54) is 12.8 Å². The molecule has 1 N–H and O–H groups in total. The van der Waals surface area contributed by atoms with Crippen molar-refractivity contribution < 1.29 is 9.59 Å². The van der Waals surface area contributed by atoms with Crippen molar-refractivity contribution in [1.82, 2.24) is 15.1 Å². The van der Waals surface area contributed by atoms with Crippen molar-refractivity contribution in [3.05, 3.63) is 0 Å². The topological polar surface area (TPSA) is 52.7 Å². The molecule has 1 atom stereocenters. The van der Waals surface area contributed by atoms with E-state index < -0.39 is 0 Å². The minimum Gasteiger partial charge on any atom is -0.341 e. The first kappa shape index (κ1) is 13.9. The lowest BCUT2D eigenvalue weighted by Crippen LogP contribution is -2.40. The first-order chi connectivity index (χ1) is 9.75. The molecular weight excluding hydrogens is 254 g/mol. The van der Waals surface area contributed by atoms with Crippen molar-refractivity contribution in [3.8, 4) is 0 Å². The van der Waals surface area contributed by atoms with Gasteiger partial charge in [-0.25, -0.2) is 0 Å². The van der Waals surface area contributed by atoms with Crippen molar-refractivity contribution in [2.75, 3.05) is 32.7 Å². The highest BCUT2D eigenvalue weighted by Gasteiger charge is 2.40. The zero-order valence-electron chi connectivity index (χ0n) is 12.1. The third-order valence-corrected chi connectivity index (χ3v) is 4.92. The van der Waals surface area contributed by atoms with Gasteiger partial charge in [0.1, 0.15) is 0 Å². The first-order valence-corrected chi connectivity index (χ1v) is 8.04. The standard InChI is InChI=1S/C15H25N3O2/c19-14-10-12(11-18(14)13-4-1-2-5-13)15(20)17-8-3-6-16-7-9-17/h12-13,16H,1-11H2. The minimum atomic E-state index is -0.0961. The quantitative estimate of drug-likeness (QED) is 0.805. The van der Waals surface area contributed by atoms with Gasteiger partial charge in [-0.2, -0.15) is 0 Å². The van der Waals surface area contributed by atoms with Crippen LogP contribution < -0.4 is 5.32 Å². The molecule has 2 saturated heterocycles. The maximum atomic E-state index is 12.6. The molecule has 2 amide bonds. The van der Waals surface area contributed by atoms with Crippen LogP contribution in [0.2, 0.25) is 0 Å². The van der Waals surface area contributed by atoms with E-state index in [1.54, 1.807) is 0 Å². The molecule has 112 valence electrons. The fourth-order valence-corrected chi connectivity index (χ4v) is 3.79. The van der Waals surface area contributed by atoms with E-state index in [9.17, 15) is 9.59 Å². The molecule has 0 radical (unpaired) electrons. The molecule has 5 nitrogen and oxygen atoms in total. The van der Waals surface area contributed by atoms with E-state index in [0.29, 0.717) is 19.0 Å².